The Morgan fingerprint density at radius 1 is 0.881 bits per heavy atom. The molecule has 1 aromatic rings. The molecule has 1 aliphatic heterocycles. The molecule has 6 atom stereocenters. The van der Waals surface area contributed by atoms with E-state index in [4.69, 9.17) is 18.3 Å². The molecular weight excluding hydrogens is 555 g/mol. The van der Waals surface area contributed by atoms with Gasteiger partial charge < -0.3 is 18.3 Å². The molecule has 3 saturated carbocycles. The summed E-state index contributed by atoms with van der Waals surface area (Å²) in [4.78, 5) is 0. The van der Waals surface area contributed by atoms with Gasteiger partial charge in [-0.05, 0) is 133 Å². The molecule has 4 aliphatic carbocycles. The van der Waals surface area contributed by atoms with E-state index in [1.165, 1.54) is 23.1 Å². The van der Waals surface area contributed by atoms with Crippen LogP contribution in [0.25, 0.3) is 0 Å². The lowest BCUT2D eigenvalue weighted by Gasteiger charge is -2.58. The first-order chi connectivity index (χ1) is 19.7. The van der Waals surface area contributed by atoms with Gasteiger partial charge in [-0.2, -0.15) is 5.26 Å². The first-order valence-electron chi connectivity index (χ1n) is 16.6. The van der Waals surface area contributed by atoms with Crippen molar-refractivity contribution in [1.82, 2.24) is 0 Å². The standard InChI is InChI=1S/C35H53NO4Si2/c1-24-25(11-9-12-26(24)32-37-21-22-38-32)30-13-10-14-31-28-15-18-33(2)29(17-19-34(33,23-36)39-41(3,4)5)27(28)16-20-35(30,31)40-42(6,7)8/h9,11-12,27,29-30,32H,10,13-22H2,1-8H3/t27-,29+,30?,33+,34+,35-/m1/s1. The number of fused-ring (bicyclic) bond motifs is 4. The zero-order valence-corrected chi connectivity index (χ0v) is 29.4. The molecule has 0 amide bonds. The zero-order valence-electron chi connectivity index (χ0n) is 27.4. The van der Waals surface area contributed by atoms with Gasteiger partial charge in [0.25, 0.3) is 0 Å². The number of rotatable bonds is 6. The van der Waals surface area contributed by atoms with Crippen LogP contribution in [0.3, 0.4) is 0 Å². The fourth-order valence-corrected chi connectivity index (χ4v) is 12.9. The highest BCUT2D eigenvalue weighted by atomic mass is 28.4. The molecule has 1 aromatic carbocycles. The Balaban J connectivity index is 1.42. The summed E-state index contributed by atoms with van der Waals surface area (Å²) in [5.41, 5.74) is 6.29. The van der Waals surface area contributed by atoms with E-state index >= 15 is 0 Å². The van der Waals surface area contributed by atoms with Crippen molar-refractivity contribution in [1.29, 1.82) is 5.26 Å². The van der Waals surface area contributed by atoms with Gasteiger partial charge in [0.15, 0.2) is 22.9 Å². The second kappa shape index (κ2) is 10.7. The number of hydrogen-bond acceptors (Lipinski definition) is 5. The van der Waals surface area contributed by atoms with Crippen LogP contribution in [-0.2, 0) is 18.3 Å². The summed E-state index contributed by atoms with van der Waals surface area (Å²) in [7, 11) is -3.77. The molecule has 0 N–H and O–H groups in total. The predicted molar refractivity (Wildman–Crippen MR) is 172 cm³/mol. The summed E-state index contributed by atoms with van der Waals surface area (Å²) >= 11 is 0. The van der Waals surface area contributed by atoms with Crippen molar-refractivity contribution >= 4 is 16.6 Å². The maximum atomic E-state index is 10.6. The molecule has 6 rings (SSSR count). The van der Waals surface area contributed by atoms with E-state index < -0.39 is 22.2 Å². The molecule has 1 heterocycles. The molecule has 1 unspecified atom stereocenters. The lowest BCUT2D eigenvalue weighted by Crippen LogP contribution is -2.57. The highest BCUT2D eigenvalue weighted by Gasteiger charge is 2.65. The molecule has 0 bridgehead atoms. The van der Waals surface area contributed by atoms with Crippen LogP contribution in [-0.4, -0.2) is 41.1 Å². The number of nitrogens with zero attached hydrogens (tertiary/aromatic N) is 1. The van der Waals surface area contributed by atoms with Crippen molar-refractivity contribution in [3.8, 4) is 6.07 Å². The Morgan fingerprint density at radius 2 is 1.57 bits per heavy atom. The maximum absolute atomic E-state index is 10.6. The largest absolute Gasteiger partial charge is 0.408 e. The number of ether oxygens (including phenoxy) is 2. The van der Waals surface area contributed by atoms with Crippen molar-refractivity contribution < 1.29 is 18.3 Å². The van der Waals surface area contributed by atoms with Crippen molar-refractivity contribution in [3.05, 3.63) is 46.0 Å². The number of nitriles is 1. The molecule has 7 heteroatoms. The number of benzene rings is 1. The molecule has 0 radical (unpaired) electrons. The molecular formula is C35H53NO4Si2. The van der Waals surface area contributed by atoms with Gasteiger partial charge in [0, 0.05) is 16.9 Å². The third-order valence-electron chi connectivity index (χ3n) is 11.4. The van der Waals surface area contributed by atoms with E-state index in [1.54, 1.807) is 11.1 Å². The summed E-state index contributed by atoms with van der Waals surface area (Å²) in [6, 6.07) is 9.54. The van der Waals surface area contributed by atoms with Gasteiger partial charge in [0.05, 0.1) is 24.9 Å². The minimum Gasteiger partial charge on any atom is -0.408 e. The molecule has 0 aromatic heterocycles. The highest BCUT2D eigenvalue weighted by Crippen LogP contribution is 2.67. The van der Waals surface area contributed by atoms with Crippen LogP contribution >= 0.6 is 0 Å². The quantitative estimate of drug-likeness (QED) is 0.239. The minimum atomic E-state index is -1.89. The van der Waals surface area contributed by atoms with Crippen molar-refractivity contribution in [2.24, 2.45) is 17.3 Å². The van der Waals surface area contributed by atoms with E-state index in [1.807, 2.05) is 0 Å². The van der Waals surface area contributed by atoms with E-state index in [0.717, 1.165) is 51.4 Å². The normalized spacial score (nSPS) is 37.3. The number of hydrogen-bond donors (Lipinski definition) is 0. The van der Waals surface area contributed by atoms with Gasteiger partial charge in [-0.25, -0.2) is 0 Å². The third-order valence-corrected chi connectivity index (χ3v) is 13.4. The van der Waals surface area contributed by atoms with Gasteiger partial charge in [0.2, 0.25) is 0 Å². The van der Waals surface area contributed by atoms with E-state index in [-0.39, 0.29) is 17.3 Å². The van der Waals surface area contributed by atoms with Crippen LogP contribution in [0.15, 0.2) is 29.3 Å². The van der Waals surface area contributed by atoms with Crippen LogP contribution in [0.4, 0.5) is 0 Å². The summed E-state index contributed by atoms with van der Waals surface area (Å²) in [6.45, 7) is 19.8. The molecule has 230 valence electrons. The lowest BCUT2D eigenvalue weighted by atomic mass is 9.52. The SMILES string of the molecule is Cc1c(C2OCCO2)cccc1C1CCCC2=C3CC[C@@]4(C)[C@@H](CC[C@@]4(C#N)O[Si](C)(C)C)[C@@H]3CC[C@]21O[Si](C)(C)C. The second-order valence-electron chi connectivity index (χ2n) is 16.0. The Labute approximate surface area is 256 Å². The highest BCUT2D eigenvalue weighted by molar-refractivity contribution is 6.70. The van der Waals surface area contributed by atoms with Gasteiger partial charge in [-0.15, -0.1) is 0 Å². The molecule has 42 heavy (non-hydrogen) atoms. The average Bonchev–Trinajstić information content (AvgIpc) is 3.53. The van der Waals surface area contributed by atoms with Gasteiger partial charge in [0.1, 0.15) is 5.60 Å². The summed E-state index contributed by atoms with van der Waals surface area (Å²) < 4.78 is 26.3. The molecule has 4 fully saturated rings. The molecule has 5 aliphatic rings. The Hall–Kier alpha value is -1.28. The number of allylic oxidation sites excluding steroid dienone is 1. The van der Waals surface area contributed by atoms with Crippen molar-refractivity contribution in [3.63, 3.8) is 0 Å². The van der Waals surface area contributed by atoms with Crippen LogP contribution in [0, 0.1) is 35.5 Å². The van der Waals surface area contributed by atoms with Crippen LogP contribution in [0.5, 0.6) is 0 Å². The van der Waals surface area contributed by atoms with Crippen molar-refractivity contribution in [2.45, 2.75) is 134 Å². The fraction of sp³-hybridized carbons (Fsp3) is 0.743. The van der Waals surface area contributed by atoms with Crippen LogP contribution < -0.4 is 0 Å². The Morgan fingerprint density at radius 3 is 2.24 bits per heavy atom. The van der Waals surface area contributed by atoms with E-state index in [2.05, 4.69) is 77.4 Å². The summed E-state index contributed by atoms with van der Waals surface area (Å²) in [5, 5.41) is 10.6. The van der Waals surface area contributed by atoms with Crippen LogP contribution in [0.1, 0.15) is 93.6 Å². The molecule has 5 nitrogen and oxygen atoms in total. The van der Waals surface area contributed by atoms with E-state index in [0.29, 0.717) is 31.0 Å². The molecule has 1 saturated heterocycles. The predicted octanol–water partition coefficient (Wildman–Crippen LogP) is 8.93. The summed E-state index contributed by atoms with van der Waals surface area (Å²) in [5.74, 6) is 1.40. The van der Waals surface area contributed by atoms with Gasteiger partial charge >= 0.3 is 0 Å². The van der Waals surface area contributed by atoms with Gasteiger partial charge in [-0.3, -0.25) is 0 Å². The topological polar surface area (TPSA) is 60.7 Å². The Kier molecular flexibility index (Phi) is 7.81. The third kappa shape index (κ3) is 4.93. The monoisotopic (exact) mass is 607 g/mol. The summed E-state index contributed by atoms with van der Waals surface area (Å²) in [6.07, 6.45) is 9.60. The minimum absolute atomic E-state index is 0.0866. The molecule has 0 spiro atoms. The zero-order chi connectivity index (χ0) is 30.1. The lowest BCUT2D eigenvalue weighted by molar-refractivity contribution is -0.0480. The fourth-order valence-electron chi connectivity index (χ4n) is 10.0. The average molecular weight is 608 g/mol. The van der Waals surface area contributed by atoms with Crippen molar-refractivity contribution in [2.75, 3.05) is 13.2 Å². The van der Waals surface area contributed by atoms with E-state index in [9.17, 15) is 5.26 Å². The maximum Gasteiger partial charge on any atom is 0.185 e. The first-order valence-corrected chi connectivity index (χ1v) is 23.4. The first kappa shape index (κ1) is 30.7. The second-order valence-corrected chi connectivity index (χ2v) is 24.9. The Bertz CT molecular complexity index is 1290. The van der Waals surface area contributed by atoms with Crippen LogP contribution in [0.2, 0.25) is 39.3 Å². The van der Waals surface area contributed by atoms with Gasteiger partial charge in [-0.1, -0.05) is 30.7 Å². The smallest absolute Gasteiger partial charge is 0.185 e.